The lowest BCUT2D eigenvalue weighted by atomic mass is 10.0. The molecule has 0 aromatic rings. The predicted molar refractivity (Wildman–Crippen MR) is 54.4 cm³/mol. The van der Waals surface area contributed by atoms with E-state index in [0.29, 0.717) is 17.4 Å². The first-order valence-electron chi connectivity index (χ1n) is 4.85. The van der Waals surface area contributed by atoms with E-state index >= 15 is 0 Å². The average molecular weight is 205 g/mol. The number of hydrogen-bond acceptors (Lipinski definition) is 3. The van der Waals surface area contributed by atoms with Gasteiger partial charge in [-0.2, -0.15) is 0 Å². The fraction of sp³-hybridized carbons (Fsp3) is 1.00. The van der Waals surface area contributed by atoms with Crippen LogP contribution in [0.4, 0.5) is 0 Å². The van der Waals surface area contributed by atoms with Crippen molar-refractivity contribution >= 4 is 9.73 Å². The first-order valence-corrected chi connectivity index (χ1v) is 6.75. The lowest BCUT2D eigenvalue weighted by Crippen LogP contribution is -2.26. The molecule has 1 fully saturated rings. The zero-order valence-electron chi connectivity index (χ0n) is 8.41. The minimum absolute atomic E-state index is 0.280. The van der Waals surface area contributed by atoms with Gasteiger partial charge in [0.25, 0.3) is 0 Å². The van der Waals surface area contributed by atoms with Gasteiger partial charge >= 0.3 is 0 Å². The summed E-state index contributed by atoms with van der Waals surface area (Å²) in [6.07, 6.45) is 2.08. The first kappa shape index (κ1) is 11.0. The van der Waals surface area contributed by atoms with Crippen LogP contribution < -0.4 is 0 Å². The van der Waals surface area contributed by atoms with Gasteiger partial charge in [-0.1, -0.05) is 0 Å². The molecule has 78 valence electrons. The quantitative estimate of drug-likeness (QED) is 0.764. The van der Waals surface area contributed by atoms with Crippen LogP contribution >= 0.6 is 0 Å². The summed E-state index contributed by atoms with van der Waals surface area (Å²) in [5, 5.41) is 0. The minimum atomic E-state index is -2.21. The molecule has 1 saturated heterocycles. The fourth-order valence-corrected chi connectivity index (χ4v) is 3.09. The van der Waals surface area contributed by atoms with Crippen molar-refractivity contribution in [3.8, 4) is 0 Å². The Morgan fingerprint density at radius 1 is 1.46 bits per heavy atom. The molecule has 4 heteroatoms. The van der Waals surface area contributed by atoms with Crippen molar-refractivity contribution in [3.05, 3.63) is 0 Å². The standard InChI is InChI=1S/C9H19NO2S/c1-8(2)12-7-9-3-5-13(10,11)6-4-9/h8-10H,3-7H2,1-2H3. The van der Waals surface area contributed by atoms with Crippen molar-refractivity contribution in [2.75, 3.05) is 18.1 Å². The Balaban J connectivity index is 2.26. The second-order valence-corrected chi connectivity index (χ2v) is 6.49. The second kappa shape index (κ2) is 4.42. The van der Waals surface area contributed by atoms with E-state index in [1.807, 2.05) is 13.8 Å². The molecule has 1 aliphatic rings. The van der Waals surface area contributed by atoms with Crippen LogP contribution in [0.15, 0.2) is 0 Å². The van der Waals surface area contributed by atoms with E-state index in [2.05, 4.69) is 0 Å². The third kappa shape index (κ3) is 4.09. The molecular formula is C9H19NO2S. The van der Waals surface area contributed by atoms with Gasteiger partial charge in [-0.15, -0.1) is 0 Å². The Hall–Kier alpha value is -0.0900. The summed E-state index contributed by atoms with van der Waals surface area (Å²) in [6.45, 7) is 4.82. The van der Waals surface area contributed by atoms with Gasteiger partial charge in [0.1, 0.15) is 0 Å². The molecule has 0 aromatic heterocycles. The average Bonchev–Trinajstić information content (AvgIpc) is 2.02. The Bertz CT molecular complexity index is 232. The van der Waals surface area contributed by atoms with Crippen molar-refractivity contribution < 1.29 is 8.95 Å². The molecule has 0 aliphatic carbocycles. The van der Waals surface area contributed by atoms with Crippen LogP contribution in [0.3, 0.4) is 0 Å². The number of ether oxygens (including phenoxy) is 1. The SMILES string of the molecule is CC(C)OCC1CCS(=N)(=O)CC1. The van der Waals surface area contributed by atoms with E-state index in [-0.39, 0.29) is 6.10 Å². The second-order valence-electron chi connectivity index (χ2n) is 4.05. The molecule has 0 radical (unpaired) electrons. The normalized spacial score (nSPS) is 35.2. The van der Waals surface area contributed by atoms with Gasteiger partial charge in [0.15, 0.2) is 0 Å². The molecule has 0 aromatic carbocycles. The summed E-state index contributed by atoms with van der Waals surface area (Å²) in [4.78, 5) is 0. The highest BCUT2D eigenvalue weighted by atomic mass is 32.2. The van der Waals surface area contributed by atoms with Gasteiger partial charge in [-0.25, -0.2) is 4.21 Å². The largest absolute Gasteiger partial charge is 0.379 e. The topological polar surface area (TPSA) is 50.1 Å². The molecule has 0 saturated carbocycles. The van der Waals surface area contributed by atoms with Gasteiger partial charge < -0.3 is 4.74 Å². The van der Waals surface area contributed by atoms with Gasteiger partial charge in [0, 0.05) is 27.8 Å². The maximum atomic E-state index is 11.3. The molecular weight excluding hydrogens is 186 g/mol. The summed E-state index contributed by atoms with van der Waals surface area (Å²) >= 11 is 0. The minimum Gasteiger partial charge on any atom is -0.379 e. The molecule has 1 heterocycles. The molecule has 3 nitrogen and oxygen atoms in total. The summed E-state index contributed by atoms with van der Waals surface area (Å²) in [7, 11) is -2.21. The van der Waals surface area contributed by atoms with Gasteiger partial charge in [-0.05, 0) is 32.6 Å². The number of hydrogen-bond donors (Lipinski definition) is 1. The van der Waals surface area contributed by atoms with Crippen molar-refractivity contribution in [2.24, 2.45) is 5.92 Å². The van der Waals surface area contributed by atoms with Crippen LogP contribution in [0.5, 0.6) is 0 Å². The van der Waals surface area contributed by atoms with Crippen molar-refractivity contribution in [3.63, 3.8) is 0 Å². The third-order valence-corrected chi connectivity index (χ3v) is 4.17. The van der Waals surface area contributed by atoms with Crippen LogP contribution in [-0.4, -0.2) is 28.4 Å². The Kier molecular flexibility index (Phi) is 3.74. The first-order chi connectivity index (χ1) is 5.99. The Morgan fingerprint density at radius 2 is 2.00 bits per heavy atom. The number of nitrogens with one attached hydrogen (secondary N) is 1. The van der Waals surface area contributed by atoms with Crippen molar-refractivity contribution in [1.82, 2.24) is 0 Å². The molecule has 13 heavy (non-hydrogen) atoms. The van der Waals surface area contributed by atoms with E-state index in [0.717, 1.165) is 19.4 Å². The monoisotopic (exact) mass is 205 g/mol. The molecule has 1 N–H and O–H groups in total. The van der Waals surface area contributed by atoms with Crippen LogP contribution in [0, 0.1) is 10.7 Å². The predicted octanol–water partition coefficient (Wildman–Crippen LogP) is 1.87. The smallest absolute Gasteiger partial charge is 0.0519 e. The highest BCUT2D eigenvalue weighted by Crippen LogP contribution is 2.19. The maximum absolute atomic E-state index is 11.3. The zero-order chi connectivity index (χ0) is 9.90. The lowest BCUT2D eigenvalue weighted by molar-refractivity contribution is 0.0488. The van der Waals surface area contributed by atoms with Gasteiger partial charge in [-0.3, -0.25) is 4.78 Å². The van der Waals surface area contributed by atoms with Crippen LogP contribution in [0.25, 0.3) is 0 Å². The molecule has 0 atom stereocenters. The number of rotatable bonds is 3. The fourth-order valence-electron chi connectivity index (χ4n) is 1.46. The van der Waals surface area contributed by atoms with E-state index < -0.39 is 9.73 Å². The van der Waals surface area contributed by atoms with E-state index in [1.54, 1.807) is 0 Å². The summed E-state index contributed by atoms with van der Waals surface area (Å²) < 4.78 is 24.2. The molecule has 1 aliphatic heterocycles. The molecule has 0 unspecified atom stereocenters. The maximum Gasteiger partial charge on any atom is 0.0519 e. The zero-order valence-corrected chi connectivity index (χ0v) is 9.23. The van der Waals surface area contributed by atoms with Crippen LogP contribution in [0.2, 0.25) is 0 Å². The van der Waals surface area contributed by atoms with Gasteiger partial charge in [0.05, 0.1) is 6.10 Å². The summed E-state index contributed by atoms with van der Waals surface area (Å²) in [5.74, 6) is 1.67. The van der Waals surface area contributed by atoms with E-state index in [1.165, 1.54) is 0 Å². The Labute approximate surface area is 80.8 Å². The highest BCUT2D eigenvalue weighted by Gasteiger charge is 2.21. The van der Waals surface area contributed by atoms with Crippen LogP contribution in [0.1, 0.15) is 26.7 Å². The molecule has 1 rings (SSSR count). The highest BCUT2D eigenvalue weighted by molar-refractivity contribution is 7.92. The van der Waals surface area contributed by atoms with Crippen molar-refractivity contribution in [2.45, 2.75) is 32.8 Å². The molecule has 0 spiro atoms. The molecule has 0 bridgehead atoms. The van der Waals surface area contributed by atoms with Crippen molar-refractivity contribution in [1.29, 1.82) is 4.78 Å². The third-order valence-electron chi connectivity index (χ3n) is 2.38. The Morgan fingerprint density at radius 3 is 2.46 bits per heavy atom. The van der Waals surface area contributed by atoms with Gasteiger partial charge in [0.2, 0.25) is 0 Å². The van der Waals surface area contributed by atoms with E-state index in [9.17, 15) is 4.21 Å². The summed E-state index contributed by atoms with van der Waals surface area (Å²) in [6, 6.07) is 0. The summed E-state index contributed by atoms with van der Waals surface area (Å²) in [5.41, 5.74) is 0. The van der Waals surface area contributed by atoms with Crippen LogP contribution in [-0.2, 0) is 14.5 Å². The van der Waals surface area contributed by atoms with E-state index in [4.69, 9.17) is 9.52 Å². The molecule has 0 amide bonds. The lowest BCUT2D eigenvalue weighted by Gasteiger charge is -2.24.